The molecule has 1 atom stereocenters. The molecule has 0 saturated heterocycles. The van der Waals surface area contributed by atoms with Crippen LogP contribution < -0.4 is 0 Å². The van der Waals surface area contributed by atoms with Gasteiger partial charge in [-0.3, -0.25) is 4.79 Å². The number of carbonyl (C=O) groups is 2. The van der Waals surface area contributed by atoms with Crippen molar-refractivity contribution < 1.29 is 23.5 Å². The lowest BCUT2D eigenvalue weighted by Gasteiger charge is -2.09. The van der Waals surface area contributed by atoms with Gasteiger partial charge < -0.3 is 13.9 Å². The van der Waals surface area contributed by atoms with Crippen LogP contribution in [0.15, 0.2) is 4.42 Å². The van der Waals surface area contributed by atoms with Crippen LogP contribution in [0.5, 0.6) is 0 Å². The second-order valence-electron chi connectivity index (χ2n) is 5.10. The topological polar surface area (TPSA) is 65.7 Å². The summed E-state index contributed by atoms with van der Waals surface area (Å²) in [6.45, 7) is 3.91. The molecule has 2 rings (SSSR count). The van der Waals surface area contributed by atoms with Crippen LogP contribution in [0.25, 0.3) is 0 Å². The summed E-state index contributed by atoms with van der Waals surface area (Å²) < 4.78 is 15.8. The van der Waals surface area contributed by atoms with Gasteiger partial charge in [-0.25, -0.2) is 4.79 Å². The first-order valence-corrected chi connectivity index (χ1v) is 6.90. The number of methoxy groups -OCH3 is 1. The van der Waals surface area contributed by atoms with Crippen LogP contribution in [0.1, 0.15) is 58.4 Å². The van der Waals surface area contributed by atoms with Crippen molar-refractivity contribution in [3.05, 3.63) is 22.6 Å². The Balaban J connectivity index is 2.06. The summed E-state index contributed by atoms with van der Waals surface area (Å²) in [7, 11) is 1.61. The third-order valence-corrected chi connectivity index (χ3v) is 3.65. The summed E-state index contributed by atoms with van der Waals surface area (Å²) in [6, 6.07) is 0. The molecule has 20 heavy (non-hydrogen) atoms. The molecule has 0 aromatic carbocycles. The van der Waals surface area contributed by atoms with Gasteiger partial charge in [-0.2, -0.15) is 0 Å². The van der Waals surface area contributed by atoms with Crippen LogP contribution in [-0.2, 0) is 15.9 Å². The molecule has 0 spiro atoms. The van der Waals surface area contributed by atoms with E-state index >= 15 is 0 Å². The molecule has 0 fully saturated rings. The number of carbonyl (C=O) groups excluding carboxylic acids is 2. The van der Waals surface area contributed by atoms with Gasteiger partial charge in [0, 0.05) is 31.9 Å². The van der Waals surface area contributed by atoms with Crippen molar-refractivity contribution in [1.29, 1.82) is 0 Å². The summed E-state index contributed by atoms with van der Waals surface area (Å²) in [5.41, 5.74) is 1.18. The zero-order valence-corrected chi connectivity index (χ0v) is 12.2. The Bertz CT molecular complexity index is 515. The zero-order chi connectivity index (χ0) is 14.7. The van der Waals surface area contributed by atoms with E-state index in [1.165, 1.54) is 0 Å². The average Bonchev–Trinajstić information content (AvgIpc) is 2.77. The number of rotatable bonds is 5. The van der Waals surface area contributed by atoms with Gasteiger partial charge in [0.25, 0.3) is 0 Å². The molecule has 0 radical (unpaired) electrons. The first kappa shape index (κ1) is 14.8. The number of hydrogen-bond donors (Lipinski definition) is 0. The maximum Gasteiger partial charge on any atom is 0.374 e. The highest BCUT2D eigenvalue weighted by molar-refractivity contribution is 6.02. The normalized spacial score (nSPS) is 15.8. The maximum atomic E-state index is 12.0. The van der Waals surface area contributed by atoms with Crippen molar-refractivity contribution in [3.63, 3.8) is 0 Å². The zero-order valence-electron chi connectivity index (χ0n) is 12.2. The highest BCUT2D eigenvalue weighted by atomic mass is 16.5. The lowest BCUT2D eigenvalue weighted by atomic mass is 9.94. The third kappa shape index (κ3) is 2.93. The number of Topliss-reactive ketones (excluding diaryl/α,β-unsaturated/α-hetero) is 1. The van der Waals surface area contributed by atoms with E-state index in [1.807, 2.05) is 6.92 Å². The minimum atomic E-state index is -0.506. The second kappa shape index (κ2) is 6.22. The Morgan fingerprint density at radius 2 is 2.15 bits per heavy atom. The van der Waals surface area contributed by atoms with Crippen molar-refractivity contribution in [2.75, 3.05) is 13.7 Å². The van der Waals surface area contributed by atoms with Crippen LogP contribution in [0, 0.1) is 6.92 Å². The molecule has 0 N–H and O–H groups in total. The van der Waals surface area contributed by atoms with Crippen molar-refractivity contribution in [3.8, 4) is 0 Å². The van der Waals surface area contributed by atoms with E-state index in [0.29, 0.717) is 36.1 Å². The number of ketones is 1. The lowest BCUT2D eigenvalue weighted by Crippen LogP contribution is -2.13. The smallest absolute Gasteiger partial charge is 0.374 e. The molecule has 5 heteroatoms. The quantitative estimate of drug-likeness (QED) is 0.776. The third-order valence-electron chi connectivity index (χ3n) is 3.65. The predicted octanol–water partition coefficient (Wildman–Crippen LogP) is 2.69. The SMILES string of the molecule is CO[C@H](C)CCOC(=O)c1oc2c(c1C)C(=O)CCC2. The number of furan rings is 1. The van der Waals surface area contributed by atoms with Crippen molar-refractivity contribution in [1.82, 2.24) is 0 Å². The number of hydrogen-bond acceptors (Lipinski definition) is 5. The number of ether oxygens (including phenoxy) is 2. The fourth-order valence-corrected chi connectivity index (χ4v) is 2.34. The monoisotopic (exact) mass is 280 g/mol. The van der Waals surface area contributed by atoms with E-state index in [-0.39, 0.29) is 24.3 Å². The molecule has 0 bridgehead atoms. The van der Waals surface area contributed by atoms with Gasteiger partial charge in [-0.1, -0.05) is 0 Å². The molecule has 0 saturated carbocycles. The molecule has 5 nitrogen and oxygen atoms in total. The molecule has 0 aliphatic heterocycles. The summed E-state index contributed by atoms with van der Waals surface area (Å²) in [5, 5.41) is 0. The molecule has 1 aromatic heterocycles. The Morgan fingerprint density at radius 3 is 2.80 bits per heavy atom. The number of aryl methyl sites for hydroxylation is 1. The van der Waals surface area contributed by atoms with Gasteiger partial charge in [0.05, 0.1) is 18.3 Å². The van der Waals surface area contributed by atoms with E-state index in [0.717, 1.165) is 6.42 Å². The van der Waals surface area contributed by atoms with Gasteiger partial charge in [-0.15, -0.1) is 0 Å². The molecular formula is C15H20O5. The Hall–Kier alpha value is -1.62. The van der Waals surface area contributed by atoms with Crippen LogP contribution in [-0.4, -0.2) is 31.6 Å². The van der Waals surface area contributed by atoms with Gasteiger partial charge in [0.15, 0.2) is 5.78 Å². The van der Waals surface area contributed by atoms with Gasteiger partial charge in [0.2, 0.25) is 5.76 Å². The van der Waals surface area contributed by atoms with Gasteiger partial charge in [-0.05, 0) is 20.3 Å². The van der Waals surface area contributed by atoms with E-state index in [1.54, 1.807) is 14.0 Å². The predicted molar refractivity (Wildman–Crippen MR) is 72.1 cm³/mol. The fourth-order valence-electron chi connectivity index (χ4n) is 2.34. The summed E-state index contributed by atoms with van der Waals surface area (Å²) in [6.07, 6.45) is 2.66. The highest BCUT2D eigenvalue weighted by Gasteiger charge is 2.29. The fraction of sp³-hybridized carbons (Fsp3) is 0.600. The minimum absolute atomic E-state index is 0.0373. The average molecular weight is 280 g/mol. The van der Waals surface area contributed by atoms with E-state index in [4.69, 9.17) is 13.9 Å². The highest BCUT2D eigenvalue weighted by Crippen LogP contribution is 2.29. The standard InChI is InChI=1S/C15H20O5/c1-9(18-3)7-8-19-15(17)14-10(2)13-11(16)5-4-6-12(13)20-14/h9H,4-8H2,1-3H3/t9-/m1/s1. The summed E-state index contributed by atoms with van der Waals surface area (Å²) >= 11 is 0. The maximum absolute atomic E-state index is 12.0. The molecule has 0 amide bonds. The molecular weight excluding hydrogens is 260 g/mol. The largest absolute Gasteiger partial charge is 0.460 e. The van der Waals surface area contributed by atoms with Crippen LogP contribution in [0.3, 0.4) is 0 Å². The Labute approximate surface area is 118 Å². The number of fused-ring (bicyclic) bond motifs is 1. The number of esters is 1. The van der Waals surface area contributed by atoms with Crippen molar-refractivity contribution in [2.24, 2.45) is 0 Å². The molecule has 1 aliphatic carbocycles. The van der Waals surface area contributed by atoms with Crippen LogP contribution >= 0.6 is 0 Å². The first-order chi connectivity index (χ1) is 9.54. The van der Waals surface area contributed by atoms with Crippen LogP contribution in [0.2, 0.25) is 0 Å². The Kier molecular flexibility index (Phi) is 4.60. The summed E-state index contributed by atoms with van der Waals surface area (Å²) in [5.74, 6) is 0.332. The molecule has 1 aromatic rings. The van der Waals surface area contributed by atoms with Gasteiger partial charge in [0.1, 0.15) is 5.76 Å². The molecule has 1 aliphatic rings. The van der Waals surface area contributed by atoms with Crippen molar-refractivity contribution >= 4 is 11.8 Å². The van der Waals surface area contributed by atoms with E-state index in [9.17, 15) is 9.59 Å². The Morgan fingerprint density at radius 1 is 1.40 bits per heavy atom. The second-order valence-corrected chi connectivity index (χ2v) is 5.10. The molecule has 110 valence electrons. The molecule has 1 heterocycles. The minimum Gasteiger partial charge on any atom is -0.460 e. The van der Waals surface area contributed by atoms with E-state index in [2.05, 4.69) is 0 Å². The van der Waals surface area contributed by atoms with Gasteiger partial charge >= 0.3 is 5.97 Å². The van der Waals surface area contributed by atoms with Crippen molar-refractivity contribution in [2.45, 2.75) is 45.6 Å². The van der Waals surface area contributed by atoms with Crippen LogP contribution in [0.4, 0.5) is 0 Å². The first-order valence-electron chi connectivity index (χ1n) is 6.90. The molecule has 0 unspecified atom stereocenters. The van der Waals surface area contributed by atoms with E-state index < -0.39 is 5.97 Å². The summed E-state index contributed by atoms with van der Waals surface area (Å²) in [4.78, 5) is 23.8. The lowest BCUT2D eigenvalue weighted by molar-refractivity contribution is 0.0357.